The lowest BCUT2D eigenvalue weighted by atomic mass is 10.2. The lowest BCUT2D eigenvalue weighted by Crippen LogP contribution is -2.14. The van der Waals surface area contributed by atoms with Gasteiger partial charge < -0.3 is 4.42 Å². The minimum Gasteiger partial charge on any atom is -0.466 e. The van der Waals surface area contributed by atoms with Crippen LogP contribution in [-0.4, -0.2) is 15.9 Å². The van der Waals surface area contributed by atoms with Gasteiger partial charge in [0.2, 0.25) is 5.95 Å². The lowest BCUT2D eigenvalue weighted by Gasteiger charge is -2.00. The van der Waals surface area contributed by atoms with Gasteiger partial charge in [-0.2, -0.15) is 0 Å². The standard InChI is InChI=1S/C11H11N3O2/c1-7-6-9(8(2)16-7)10(15)14-11-12-4-3-5-13-11/h3-6H,1-2H3,(H,12,13,14,15). The first-order valence-corrected chi connectivity index (χ1v) is 4.82. The number of furan rings is 1. The normalized spacial score (nSPS) is 10.1. The molecule has 0 fully saturated rings. The molecule has 0 saturated heterocycles. The van der Waals surface area contributed by atoms with Gasteiger partial charge >= 0.3 is 0 Å². The number of rotatable bonds is 2. The van der Waals surface area contributed by atoms with E-state index in [0.29, 0.717) is 17.1 Å². The molecule has 1 N–H and O–H groups in total. The van der Waals surface area contributed by atoms with Crippen LogP contribution in [0.3, 0.4) is 0 Å². The second kappa shape index (κ2) is 4.14. The molecule has 0 spiro atoms. The van der Waals surface area contributed by atoms with E-state index in [4.69, 9.17) is 4.42 Å². The highest BCUT2D eigenvalue weighted by atomic mass is 16.3. The smallest absolute Gasteiger partial charge is 0.261 e. The molecule has 0 aliphatic rings. The zero-order chi connectivity index (χ0) is 11.5. The molecular formula is C11H11N3O2. The van der Waals surface area contributed by atoms with Crippen LogP contribution in [0.15, 0.2) is 28.9 Å². The third-order valence-electron chi connectivity index (χ3n) is 2.08. The molecule has 0 atom stereocenters. The summed E-state index contributed by atoms with van der Waals surface area (Å²) in [6, 6.07) is 3.37. The summed E-state index contributed by atoms with van der Waals surface area (Å²) in [5.41, 5.74) is 0.505. The van der Waals surface area contributed by atoms with E-state index < -0.39 is 0 Å². The maximum Gasteiger partial charge on any atom is 0.261 e. The van der Waals surface area contributed by atoms with Crippen LogP contribution in [0.25, 0.3) is 0 Å². The predicted molar refractivity (Wildman–Crippen MR) is 58.2 cm³/mol. The molecule has 0 bridgehead atoms. The fourth-order valence-corrected chi connectivity index (χ4v) is 1.39. The van der Waals surface area contributed by atoms with Gasteiger partial charge in [0.15, 0.2) is 0 Å². The third-order valence-corrected chi connectivity index (χ3v) is 2.08. The monoisotopic (exact) mass is 217 g/mol. The number of nitrogens with zero attached hydrogens (tertiary/aromatic N) is 2. The van der Waals surface area contributed by atoms with Crippen molar-refractivity contribution >= 4 is 11.9 Å². The number of carbonyl (C=O) groups excluding carboxylic acids is 1. The Bertz CT molecular complexity index is 505. The van der Waals surface area contributed by atoms with Crippen molar-refractivity contribution in [3.05, 3.63) is 41.6 Å². The Morgan fingerprint density at radius 3 is 2.56 bits per heavy atom. The molecule has 5 nitrogen and oxygen atoms in total. The maximum atomic E-state index is 11.8. The SMILES string of the molecule is Cc1cc(C(=O)Nc2ncccn2)c(C)o1. The number of aromatic nitrogens is 2. The van der Waals surface area contributed by atoms with Crippen LogP contribution >= 0.6 is 0 Å². The molecule has 1 amide bonds. The van der Waals surface area contributed by atoms with Crippen LogP contribution in [0.5, 0.6) is 0 Å². The first kappa shape index (κ1) is 10.4. The van der Waals surface area contributed by atoms with Gasteiger partial charge in [-0.15, -0.1) is 0 Å². The number of carbonyl (C=O) groups is 1. The Morgan fingerprint density at radius 1 is 1.31 bits per heavy atom. The molecule has 0 aromatic carbocycles. The Kier molecular flexibility index (Phi) is 2.68. The first-order valence-electron chi connectivity index (χ1n) is 4.82. The molecule has 2 rings (SSSR count). The van der Waals surface area contributed by atoms with Crippen molar-refractivity contribution in [1.29, 1.82) is 0 Å². The van der Waals surface area contributed by atoms with Crippen molar-refractivity contribution in [2.75, 3.05) is 5.32 Å². The highest BCUT2D eigenvalue weighted by Crippen LogP contribution is 2.14. The minimum atomic E-state index is -0.263. The number of amides is 1. The van der Waals surface area contributed by atoms with Gasteiger partial charge in [0, 0.05) is 12.4 Å². The molecule has 0 unspecified atom stereocenters. The van der Waals surface area contributed by atoms with Crippen molar-refractivity contribution in [1.82, 2.24) is 9.97 Å². The summed E-state index contributed by atoms with van der Waals surface area (Å²) in [6.07, 6.45) is 3.13. The van der Waals surface area contributed by atoms with Crippen LogP contribution in [-0.2, 0) is 0 Å². The molecule has 16 heavy (non-hydrogen) atoms. The summed E-state index contributed by atoms with van der Waals surface area (Å²) in [6.45, 7) is 3.54. The van der Waals surface area contributed by atoms with E-state index >= 15 is 0 Å². The molecule has 82 valence electrons. The Morgan fingerprint density at radius 2 is 2.00 bits per heavy atom. The van der Waals surface area contributed by atoms with E-state index in [9.17, 15) is 4.79 Å². The lowest BCUT2D eigenvalue weighted by molar-refractivity contribution is 0.102. The summed E-state index contributed by atoms with van der Waals surface area (Å²) < 4.78 is 5.27. The van der Waals surface area contributed by atoms with Gasteiger partial charge in [-0.3, -0.25) is 10.1 Å². The average molecular weight is 217 g/mol. The molecule has 0 aliphatic carbocycles. The second-order valence-corrected chi connectivity index (χ2v) is 3.35. The molecule has 0 radical (unpaired) electrons. The van der Waals surface area contributed by atoms with Crippen molar-refractivity contribution in [3.8, 4) is 0 Å². The molecule has 2 aromatic heterocycles. The van der Waals surface area contributed by atoms with Gasteiger partial charge in [0.1, 0.15) is 11.5 Å². The molecule has 2 aromatic rings. The quantitative estimate of drug-likeness (QED) is 0.834. The van der Waals surface area contributed by atoms with Gasteiger partial charge in [-0.25, -0.2) is 9.97 Å². The van der Waals surface area contributed by atoms with E-state index in [0.717, 1.165) is 0 Å². The Balaban J connectivity index is 2.18. The zero-order valence-corrected chi connectivity index (χ0v) is 9.02. The van der Waals surface area contributed by atoms with Crippen molar-refractivity contribution in [2.24, 2.45) is 0 Å². The zero-order valence-electron chi connectivity index (χ0n) is 9.02. The number of hydrogen-bond donors (Lipinski definition) is 1. The van der Waals surface area contributed by atoms with E-state index in [1.807, 2.05) is 0 Å². The highest BCUT2D eigenvalue weighted by molar-refractivity contribution is 6.04. The van der Waals surface area contributed by atoms with Gasteiger partial charge in [-0.1, -0.05) is 0 Å². The average Bonchev–Trinajstić information content (AvgIpc) is 2.59. The number of anilines is 1. The predicted octanol–water partition coefficient (Wildman–Crippen LogP) is 1.94. The fourth-order valence-electron chi connectivity index (χ4n) is 1.39. The van der Waals surface area contributed by atoms with E-state index in [-0.39, 0.29) is 11.9 Å². The third kappa shape index (κ3) is 2.08. The summed E-state index contributed by atoms with van der Waals surface area (Å²) in [5.74, 6) is 1.31. The summed E-state index contributed by atoms with van der Waals surface area (Å²) in [5, 5.41) is 2.59. The van der Waals surface area contributed by atoms with Crippen LogP contribution in [0.4, 0.5) is 5.95 Å². The van der Waals surface area contributed by atoms with E-state index in [1.54, 1.807) is 38.4 Å². The summed E-state index contributed by atoms with van der Waals surface area (Å²) >= 11 is 0. The van der Waals surface area contributed by atoms with Gasteiger partial charge in [0.05, 0.1) is 5.56 Å². The molecule has 5 heteroatoms. The van der Waals surface area contributed by atoms with Crippen LogP contribution < -0.4 is 5.32 Å². The Hall–Kier alpha value is -2.17. The van der Waals surface area contributed by atoms with Crippen molar-refractivity contribution in [2.45, 2.75) is 13.8 Å². The number of aryl methyl sites for hydroxylation is 2. The maximum absolute atomic E-state index is 11.8. The second-order valence-electron chi connectivity index (χ2n) is 3.35. The van der Waals surface area contributed by atoms with Gasteiger partial charge in [0.25, 0.3) is 5.91 Å². The minimum absolute atomic E-state index is 0.263. The number of nitrogens with one attached hydrogen (secondary N) is 1. The van der Waals surface area contributed by atoms with Crippen molar-refractivity contribution in [3.63, 3.8) is 0 Å². The summed E-state index contributed by atoms with van der Waals surface area (Å²) in [7, 11) is 0. The van der Waals surface area contributed by atoms with E-state index in [1.165, 1.54) is 0 Å². The van der Waals surface area contributed by atoms with E-state index in [2.05, 4.69) is 15.3 Å². The van der Waals surface area contributed by atoms with Crippen LogP contribution in [0.2, 0.25) is 0 Å². The number of hydrogen-bond acceptors (Lipinski definition) is 4. The van der Waals surface area contributed by atoms with Crippen LogP contribution in [0.1, 0.15) is 21.9 Å². The molecule has 0 aliphatic heterocycles. The largest absolute Gasteiger partial charge is 0.466 e. The topological polar surface area (TPSA) is 68.0 Å². The van der Waals surface area contributed by atoms with Crippen molar-refractivity contribution < 1.29 is 9.21 Å². The first-order chi connectivity index (χ1) is 7.66. The molecule has 2 heterocycles. The molecule has 0 saturated carbocycles. The molecular weight excluding hydrogens is 206 g/mol. The fraction of sp³-hybridized carbons (Fsp3) is 0.182. The van der Waals surface area contributed by atoms with Gasteiger partial charge in [-0.05, 0) is 26.0 Å². The highest BCUT2D eigenvalue weighted by Gasteiger charge is 2.14. The Labute approximate surface area is 92.5 Å². The van der Waals surface area contributed by atoms with Crippen LogP contribution in [0, 0.1) is 13.8 Å². The summed E-state index contributed by atoms with van der Waals surface area (Å²) in [4.78, 5) is 19.6.